The molecule has 29 heavy (non-hydrogen) atoms. The van der Waals surface area contributed by atoms with Gasteiger partial charge in [0.1, 0.15) is 0 Å². The van der Waals surface area contributed by atoms with Crippen LogP contribution in [-0.4, -0.2) is 40.8 Å². The van der Waals surface area contributed by atoms with Gasteiger partial charge >= 0.3 is 0 Å². The molecule has 0 aromatic heterocycles. The Balaban J connectivity index is 2.50. The van der Waals surface area contributed by atoms with Crippen LogP contribution in [0.1, 0.15) is 27.2 Å². The van der Waals surface area contributed by atoms with Crippen molar-refractivity contribution in [3.63, 3.8) is 0 Å². The molecule has 0 aliphatic heterocycles. The van der Waals surface area contributed by atoms with E-state index in [0.29, 0.717) is 30.3 Å². The van der Waals surface area contributed by atoms with E-state index in [-0.39, 0.29) is 15.5 Å². The molecular formula is C19H26ClN3O4S2. The van der Waals surface area contributed by atoms with Gasteiger partial charge in [0, 0.05) is 24.7 Å². The molecule has 0 atom stereocenters. The van der Waals surface area contributed by atoms with Crippen LogP contribution in [0.2, 0.25) is 5.02 Å². The summed E-state index contributed by atoms with van der Waals surface area (Å²) in [6.45, 7) is 6.73. The third-order valence-corrected chi connectivity index (χ3v) is 7.95. The Bertz CT molecular complexity index is 1040. The molecule has 0 spiro atoms. The Morgan fingerprint density at radius 1 is 0.862 bits per heavy atom. The fraction of sp³-hybridized carbons (Fsp3) is 0.368. The average Bonchev–Trinajstić information content (AvgIpc) is 2.67. The quantitative estimate of drug-likeness (QED) is 0.560. The highest BCUT2D eigenvalue weighted by atomic mass is 35.5. The zero-order chi connectivity index (χ0) is 21.7. The van der Waals surface area contributed by atoms with E-state index in [1.807, 2.05) is 6.92 Å². The van der Waals surface area contributed by atoms with Crippen molar-refractivity contribution < 1.29 is 16.8 Å². The van der Waals surface area contributed by atoms with Gasteiger partial charge in [-0.3, -0.25) is 4.72 Å². The largest absolute Gasteiger partial charge is 0.383 e. The second kappa shape index (κ2) is 9.80. The Morgan fingerprint density at radius 3 is 2.00 bits per heavy atom. The van der Waals surface area contributed by atoms with Gasteiger partial charge in [0.15, 0.2) is 0 Å². The Kier molecular flexibility index (Phi) is 7.93. The second-order valence-electron chi connectivity index (χ2n) is 6.28. The number of benzene rings is 2. The van der Waals surface area contributed by atoms with E-state index in [0.717, 1.165) is 6.42 Å². The van der Waals surface area contributed by atoms with Crippen molar-refractivity contribution in [3.8, 4) is 0 Å². The molecule has 7 nitrogen and oxygen atoms in total. The van der Waals surface area contributed by atoms with Crippen LogP contribution in [0.3, 0.4) is 0 Å². The van der Waals surface area contributed by atoms with Crippen molar-refractivity contribution >= 4 is 43.0 Å². The van der Waals surface area contributed by atoms with Gasteiger partial charge in [-0.25, -0.2) is 16.8 Å². The minimum Gasteiger partial charge on any atom is -0.383 e. The Hall–Kier alpha value is -1.81. The highest BCUT2D eigenvalue weighted by Crippen LogP contribution is 2.29. The smallest absolute Gasteiger partial charge is 0.261 e. The van der Waals surface area contributed by atoms with Crippen LogP contribution in [-0.2, 0) is 20.0 Å². The summed E-state index contributed by atoms with van der Waals surface area (Å²) in [6, 6.07) is 10.1. The molecule has 2 N–H and O–H groups in total. The average molecular weight is 460 g/mol. The molecule has 0 saturated carbocycles. The normalized spacial score (nSPS) is 12.2. The van der Waals surface area contributed by atoms with E-state index in [2.05, 4.69) is 10.0 Å². The maximum Gasteiger partial charge on any atom is 0.261 e. The van der Waals surface area contributed by atoms with Gasteiger partial charge in [0.05, 0.1) is 21.2 Å². The first-order valence-corrected chi connectivity index (χ1v) is 12.6. The van der Waals surface area contributed by atoms with E-state index >= 15 is 0 Å². The molecule has 0 amide bonds. The van der Waals surface area contributed by atoms with Crippen molar-refractivity contribution in [2.45, 2.75) is 37.0 Å². The summed E-state index contributed by atoms with van der Waals surface area (Å²) < 4.78 is 55.1. The monoisotopic (exact) mass is 459 g/mol. The lowest BCUT2D eigenvalue weighted by atomic mass is 10.2. The van der Waals surface area contributed by atoms with Crippen molar-refractivity contribution in [3.05, 3.63) is 47.5 Å². The summed E-state index contributed by atoms with van der Waals surface area (Å²) in [5.41, 5.74) is 0.671. The Morgan fingerprint density at radius 2 is 1.45 bits per heavy atom. The van der Waals surface area contributed by atoms with E-state index in [1.165, 1.54) is 40.7 Å². The number of sulfonamides is 2. The van der Waals surface area contributed by atoms with E-state index in [4.69, 9.17) is 11.6 Å². The fourth-order valence-corrected chi connectivity index (χ4v) is 5.39. The first-order valence-electron chi connectivity index (χ1n) is 9.32. The van der Waals surface area contributed by atoms with E-state index in [1.54, 1.807) is 19.9 Å². The van der Waals surface area contributed by atoms with Crippen LogP contribution in [0.15, 0.2) is 52.3 Å². The molecule has 0 bridgehead atoms. The second-order valence-corrected chi connectivity index (χ2v) is 10.3. The van der Waals surface area contributed by atoms with Crippen molar-refractivity contribution in [2.75, 3.05) is 29.7 Å². The van der Waals surface area contributed by atoms with Crippen LogP contribution in [0.25, 0.3) is 0 Å². The zero-order valence-corrected chi connectivity index (χ0v) is 19.0. The van der Waals surface area contributed by atoms with Crippen LogP contribution >= 0.6 is 11.6 Å². The number of hydrogen-bond acceptors (Lipinski definition) is 5. The summed E-state index contributed by atoms with van der Waals surface area (Å²) in [5.74, 6) is 0. The lowest BCUT2D eigenvalue weighted by Gasteiger charge is -2.20. The zero-order valence-electron chi connectivity index (χ0n) is 16.6. The van der Waals surface area contributed by atoms with Gasteiger partial charge in [0.25, 0.3) is 10.0 Å². The van der Waals surface area contributed by atoms with Gasteiger partial charge in [0.2, 0.25) is 10.0 Å². The molecule has 160 valence electrons. The van der Waals surface area contributed by atoms with E-state index in [9.17, 15) is 16.8 Å². The van der Waals surface area contributed by atoms with Crippen LogP contribution < -0.4 is 10.0 Å². The molecule has 0 unspecified atom stereocenters. The predicted octanol–water partition coefficient (Wildman–Crippen LogP) is 3.99. The summed E-state index contributed by atoms with van der Waals surface area (Å²) in [6.07, 6.45) is 0.822. The van der Waals surface area contributed by atoms with Crippen LogP contribution in [0.4, 0.5) is 11.4 Å². The standard InChI is InChI=1S/C19H26ClN3O4S2/c1-4-13-21-18-12-11-17(29(26,27)23(5-2)6-3)14-19(18)22-28(24,25)16-9-7-15(20)8-10-16/h7-12,14,21-22H,4-6,13H2,1-3H3. The number of anilines is 2. The minimum absolute atomic E-state index is 0.0251. The van der Waals surface area contributed by atoms with Gasteiger partial charge in [-0.15, -0.1) is 0 Å². The highest BCUT2D eigenvalue weighted by Gasteiger charge is 2.24. The maximum atomic E-state index is 12.9. The molecule has 10 heteroatoms. The number of halogens is 1. The highest BCUT2D eigenvalue weighted by molar-refractivity contribution is 7.92. The van der Waals surface area contributed by atoms with Gasteiger partial charge < -0.3 is 5.32 Å². The number of hydrogen-bond donors (Lipinski definition) is 2. The lowest BCUT2D eigenvalue weighted by molar-refractivity contribution is 0.445. The first-order chi connectivity index (χ1) is 13.7. The maximum absolute atomic E-state index is 12.9. The van der Waals surface area contributed by atoms with Crippen LogP contribution in [0, 0.1) is 0 Å². The Labute approximate surface area is 178 Å². The molecule has 2 aromatic carbocycles. The van der Waals surface area contributed by atoms with Crippen LogP contribution in [0.5, 0.6) is 0 Å². The fourth-order valence-electron chi connectivity index (χ4n) is 2.71. The molecule has 0 saturated heterocycles. The molecule has 0 aliphatic rings. The van der Waals surface area contributed by atoms with Crippen molar-refractivity contribution in [1.29, 1.82) is 0 Å². The summed E-state index contributed by atoms with van der Waals surface area (Å²) >= 11 is 5.84. The third kappa shape index (κ3) is 5.63. The lowest BCUT2D eigenvalue weighted by Crippen LogP contribution is -2.30. The number of nitrogens with one attached hydrogen (secondary N) is 2. The van der Waals surface area contributed by atoms with Crippen molar-refractivity contribution in [1.82, 2.24) is 4.31 Å². The third-order valence-electron chi connectivity index (χ3n) is 4.27. The molecule has 2 aromatic rings. The van der Waals surface area contributed by atoms with Gasteiger partial charge in [-0.2, -0.15) is 4.31 Å². The topological polar surface area (TPSA) is 95.6 Å². The summed E-state index contributed by atoms with van der Waals surface area (Å²) in [7, 11) is -7.66. The predicted molar refractivity (Wildman–Crippen MR) is 118 cm³/mol. The summed E-state index contributed by atoms with van der Waals surface area (Å²) in [5, 5.41) is 3.54. The molecule has 2 rings (SSSR count). The summed E-state index contributed by atoms with van der Waals surface area (Å²) in [4.78, 5) is 0.0531. The number of rotatable bonds is 10. The first kappa shape index (κ1) is 23.5. The molecule has 0 aliphatic carbocycles. The molecule has 0 heterocycles. The van der Waals surface area contributed by atoms with E-state index < -0.39 is 20.0 Å². The van der Waals surface area contributed by atoms with Gasteiger partial charge in [-0.1, -0.05) is 32.4 Å². The number of nitrogens with zero attached hydrogens (tertiary/aromatic N) is 1. The minimum atomic E-state index is -3.93. The molecule has 0 fully saturated rings. The molecule has 0 radical (unpaired) electrons. The SMILES string of the molecule is CCCNc1ccc(S(=O)(=O)N(CC)CC)cc1NS(=O)(=O)c1ccc(Cl)cc1. The van der Waals surface area contributed by atoms with Gasteiger partial charge in [-0.05, 0) is 48.9 Å². The van der Waals surface area contributed by atoms with Crippen molar-refractivity contribution in [2.24, 2.45) is 0 Å². The molecular weight excluding hydrogens is 434 g/mol.